The maximum Gasteiger partial charge on any atom is 0.217 e. The fourth-order valence-electron chi connectivity index (χ4n) is 3.65. The van der Waals surface area contributed by atoms with Crippen LogP contribution in [0.15, 0.2) is 90.2 Å². The number of benzene rings is 3. The third kappa shape index (κ3) is 4.38. The molecule has 0 radical (unpaired) electrons. The molecule has 0 N–H and O–H groups in total. The van der Waals surface area contributed by atoms with Gasteiger partial charge in [-0.1, -0.05) is 48.5 Å². The highest BCUT2D eigenvalue weighted by molar-refractivity contribution is 7.80. The molecule has 0 unspecified atom stereocenters. The van der Waals surface area contributed by atoms with Gasteiger partial charge in [0, 0.05) is 28.5 Å². The van der Waals surface area contributed by atoms with Crippen LogP contribution in [0.3, 0.4) is 0 Å². The van der Waals surface area contributed by atoms with Crippen LogP contribution in [0, 0.1) is 0 Å². The Kier molecular flexibility index (Phi) is 6.00. The van der Waals surface area contributed by atoms with Crippen LogP contribution in [0.2, 0.25) is 0 Å². The van der Waals surface area contributed by atoms with Crippen LogP contribution in [0.4, 0.5) is 0 Å². The maximum atomic E-state index is 9.22. The maximum absolute atomic E-state index is 9.22. The van der Waals surface area contributed by atoms with Crippen molar-refractivity contribution in [2.45, 2.75) is 0 Å². The van der Waals surface area contributed by atoms with Crippen molar-refractivity contribution in [2.75, 3.05) is 7.11 Å². The summed E-state index contributed by atoms with van der Waals surface area (Å²) in [6, 6.07) is 27.3. The third-order valence-electron chi connectivity index (χ3n) is 5.14. The summed E-state index contributed by atoms with van der Waals surface area (Å²) < 4.78 is 35.2. The molecule has 0 fully saturated rings. The second-order valence-electron chi connectivity index (χ2n) is 7.06. The summed E-state index contributed by atoms with van der Waals surface area (Å²) in [6.45, 7) is 0. The summed E-state index contributed by atoms with van der Waals surface area (Å²) in [6.07, 6.45) is 4.04. The summed E-state index contributed by atoms with van der Waals surface area (Å²) in [7, 11) is -1.54. The van der Waals surface area contributed by atoms with E-state index in [-0.39, 0.29) is 0 Å². The molecule has 0 saturated heterocycles. The summed E-state index contributed by atoms with van der Waals surface area (Å²) in [5.41, 5.74) is 4.55. The molecule has 5 rings (SSSR count). The van der Waals surface area contributed by atoms with Gasteiger partial charge in [0.1, 0.15) is 7.05 Å². The predicted octanol–water partition coefficient (Wildman–Crippen LogP) is 3.75. The highest BCUT2D eigenvalue weighted by Crippen LogP contribution is 2.28. The van der Waals surface area contributed by atoms with Gasteiger partial charge in [0.2, 0.25) is 15.9 Å². The first kappa shape index (κ1) is 21.6. The summed E-state index contributed by atoms with van der Waals surface area (Å²) in [5.74, 6) is 0. The normalized spacial score (nSPS) is 11.8. The zero-order valence-electron chi connectivity index (χ0n) is 17.5. The van der Waals surface area contributed by atoms with Gasteiger partial charge in [0.15, 0.2) is 6.20 Å². The van der Waals surface area contributed by atoms with E-state index in [2.05, 4.69) is 101 Å². The Balaban J connectivity index is 0.000000363. The van der Waals surface area contributed by atoms with Gasteiger partial charge in [-0.2, -0.15) is 5.10 Å². The minimum absolute atomic E-state index is 0.808. The van der Waals surface area contributed by atoms with Crippen LogP contribution in [-0.4, -0.2) is 31.0 Å². The molecular weight excluding hydrogens is 426 g/mol. The van der Waals surface area contributed by atoms with Gasteiger partial charge < -0.3 is 4.55 Å². The van der Waals surface area contributed by atoms with Gasteiger partial charge in [0.05, 0.1) is 29.7 Å². The summed E-state index contributed by atoms with van der Waals surface area (Å²) >= 11 is 0. The highest BCUT2D eigenvalue weighted by Gasteiger charge is 2.10. The molecule has 2 heterocycles. The lowest BCUT2D eigenvalue weighted by Gasteiger charge is -2.02. The van der Waals surface area contributed by atoms with Crippen LogP contribution in [0.5, 0.6) is 0 Å². The first-order chi connectivity index (χ1) is 15.4. The highest BCUT2D eigenvalue weighted by atomic mass is 32.3. The van der Waals surface area contributed by atoms with Crippen molar-refractivity contribution in [3.8, 4) is 0 Å². The van der Waals surface area contributed by atoms with E-state index in [0.29, 0.717) is 0 Å². The Labute approximate surface area is 185 Å². The van der Waals surface area contributed by atoms with Gasteiger partial charge in [-0.05, 0) is 18.2 Å². The van der Waals surface area contributed by atoms with Crippen LogP contribution >= 0.6 is 0 Å². The Bertz CT molecular complexity index is 1500. The van der Waals surface area contributed by atoms with Crippen LogP contribution in [0.25, 0.3) is 32.7 Å². The molecule has 32 heavy (non-hydrogen) atoms. The van der Waals surface area contributed by atoms with Gasteiger partial charge in [-0.25, -0.2) is 17.7 Å². The number of hydrogen-bond donors (Lipinski definition) is 0. The minimum Gasteiger partial charge on any atom is -0.726 e. The first-order valence-electron chi connectivity index (χ1n) is 9.80. The Hall–Kier alpha value is -3.59. The number of aromatic nitrogens is 2. The smallest absolute Gasteiger partial charge is 0.217 e. The molecule has 3 aromatic carbocycles. The average Bonchev–Trinajstić information content (AvgIpc) is 3.13. The largest absolute Gasteiger partial charge is 0.726 e. The summed E-state index contributed by atoms with van der Waals surface area (Å²) in [5, 5.41) is 8.50. The average molecular weight is 448 g/mol. The molecule has 0 bridgehead atoms. The third-order valence-corrected chi connectivity index (χ3v) is 5.55. The van der Waals surface area contributed by atoms with Crippen LogP contribution < -0.4 is 4.57 Å². The number of pyridine rings is 1. The molecule has 0 atom stereocenters. The second kappa shape index (κ2) is 8.88. The van der Waals surface area contributed by atoms with E-state index < -0.39 is 10.4 Å². The van der Waals surface area contributed by atoms with E-state index in [9.17, 15) is 13.0 Å². The van der Waals surface area contributed by atoms with E-state index in [4.69, 9.17) is 5.10 Å². The molecular formula is C24H21N3O4S. The van der Waals surface area contributed by atoms with Crippen molar-refractivity contribution in [3.05, 3.63) is 90.6 Å². The van der Waals surface area contributed by atoms with Gasteiger partial charge in [-0.15, -0.1) is 0 Å². The predicted molar refractivity (Wildman–Crippen MR) is 124 cm³/mol. The number of aryl methyl sites for hydroxylation is 1. The number of nitrogens with zero attached hydrogens (tertiary/aromatic N) is 3. The first-order valence-corrected chi connectivity index (χ1v) is 11.1. The number of para-hydroxylation sites is 3. The standard InChI is InChI=1S/C23H18N3.CH4O4S/c1-25-15-14-17(18-8-2-5-11-21(18)25)16-24-26-22-12-6-3-9-19(22)20-10-4-7-13-23(20)26;1-5-6(2,3)4/h2-16H,1H3;1H3,(H,2,3,4)/q+1;/p-1. The van der Waals surface area contributed by atoms with Gasteiger partial charge >= 0.3 is 0 Å². The number of fused-ring (bicyclic) bond motifs is 4. The van der Waals surface area contributed by atoms with E-state index in [0.717, 1.165) is 23.7 Å². The van der Waals surface area contributed by atoms with Gasteiger partial charge in [-0.3, -0.25) is 4.18 Å². The van der Waals surface area contributed by atoms with Crippen molar-refractivity contribution in [1.82, 2.24) is 4.68 Å². The van der Waals surface area contributed by atoms with Crippen LogP contribution in [-0.2, 0) is 21.6 Å². The van der Waals surface area contributed by atoms with E-state index in [1.54, 1.807) is 0 Å². The monoisotopic (exact) mass is 447 g/mol. The molecule has 0 aliphatic heterocycles. The number of hydrogen-bond acceptors (Lipinski definition) is 5. The van der Waals surface area contributed by atoms with Crippen molar-refractivity contribution in [1.29, 1.82) is 0 Å². The van der Waals surface area contributed by atoms with E-state index in [1.165, 1.54) is 21.7 Å². The molecule has 0 aliphatic rings. The zero-order chi connectivity index (χ0) is 22.7. The molecule has 0 aliphatic carbocycles. The van der Waals surface area contributed by atoms with Crippen molar-refractivity contribution in [2.24, 2.45) is 12.1 Å². The van der Waals surface area contributed by atoms with Crippen LogP contribution in [0.1, 0.15) is 5.56 Å². The zero-order valence-corrected chi connectivity index (χ0v) is 18.4. The van der Waals surface area contributed by atoms with Gasteiger partial charge in [0.25, 0.3) is 0 Å². The molecule has 7 nitrogen and oxygen atoms in total. The molecule has 0 spiro atoms. The molecule has 2 aromatic heterocycles. The van der Waals surface area contributed by atoms with E-state index >= 15 is 0 Å². The number of rotatable bonds is 3. The Morgan fingerprint density at radius 2 is 1.38 bits per heavy atom. The molecule has 5 aromatic rings. The molecule has 0 amide bonds. The Morgan fingerprint density at radius 1 is 0.875 bits per heavy atom. The lowest BCUT2D eigenvalue weighted by Crippen LogP contribution is -2.28. The van der Waals surface area contributed by atoms with Crippen molar-refractivity contribution < 1.29 is 21.7 Å². The minimum atomic E-state index is -4.41. The topological polar surface area (TPSA) is 87.6 Å². The molecule has 0 saturated carbocycles. The molecule has 162 valence electrons. The molecule has 8 heteroatoms. The lowest BCUT2D eigenvalue weighted by molar-refractivity contribution is -0.644. The fraction of sp³-hybridized carbons (Fsp3) is 0.0833. The van der Waals surface area contributed by atoms with E-state index in [1.807, 2.05) is 10.9 Å². The SMILES string of the molecule is COS(=O)(=O)[O-].C[n+]1ccc(C=Nn2c3ccccc3c3ccccc32)c2ccccc21. The Morgan fingerprint density at radius 3 is 1.94 bits per heavy atom. The fourth-order valence-corrected chi connectivity index (χ4v) is 3.65. The summed E-state index contributed by atoms with van der Waals surface area (Å²) in [4.78, 5) is 0. The lowest BCUT2D eigenvalue weighted by atomic mass is 10.1. The quantitative estimate of drug-likeness (QED) is 0.182. The van der Waals surface area contributed by atoms with Crippen molar-refractivity contribution >= 4 is 49.3 Å². The van der Waals surface area contributed by atoms with Crippen molar-refractivity contribution in [3.63, 3.8) is 0 Å². The second-order valence-corrected chi connectivity index (χ2v) is 8.21.